The molecule has 0 saturated carbocycles. The first-order chi connectivity index (χ1) is 8.54. The van der Waals surface area contributed by atoms with Crippen molar-refractivity contribution in [1.29, 1.82) is 0 Å². The molecule has 0 aliphatic carbocycles. The highest BCUT2D eigenvalue weighted by molar-refractivity contribution is 6.42. The summed E-state index contributed by atoms with van der Waals surface area (Å²) in [5, 5.41) is 0.871. The van der Waals surface area contributed by atoms with Gasteiger partial charge in [0.25, 0.3) is 0 Å². The molecule has 6 heteroatoms. The third-order valence-electron chi connectivity index (χ3n) is 2.65. The fraction of sp³-hybridized carbons (Fsp3) is 0.167. The van der Waals surface area contributed by atoms with Crippen LogP contribution >= 0.6 is 23.2 Å². The number of rotatable bonds is 3. The number of amidine groups is 1. The maximum absolute atomic E-state index is 11.7. The Morgan fingerprint density at radius 3 is 2.78 bits per heavy atom. The Kier molecular flexibility index (Phi) is 3.59. The second kappa shape index (κ2) is 5.00. The minimum Gasteiger partial charge on any atom is -0.385 e. The molecule has 1 unspecified atom stereocenters. The Morgan fingerprint density at radius 2 is 2.17 bits per heavy atom. The Balaban J connectivity index is 2.40. The number of amides is 2. The summed E-state index contributed by atoms with van der Waals surface area (Å²) in [7, 11) is 0. The highest BCUT2D eigenvalue weighted by atomic mass is 35.5. The SMILES string of the molecule is C=CCN1C(=O)N=C(N)C1c1ccc(Cl)c(Cl)c1. The third-order valence-corrected chi connectivity index (χ3v) is 3.39. The summed E-state index contributed by atoms with van der Waals surface area (Å²) in [5.41, 5.74) is 6.56. The molecule has 1 atom stereocenters. The smallest absolute Gasteiger partial charge is 0.346 e. The van der Waals surface area contributed by atoms with E-state index in [4.69, 9.17) is 28.9 Å². The van der Waals surface area contributed by atoms with Crippen LogP contribution in [0.4, 0.5) is 4.79 Å². The standard InChI is InChI=1S/C12H11Cl2N3O/c1-2-5-17-10(11(15)16-12(17)18)7-3-4-8(13)9(14)6-7/h2-4,6,10H,1,5H2,(H2,15,16,18). The average molecular weight is 284 g/mol. The average Bonchev–Trinajstić information content (AvgIpc) is 2.59. The van der Waals surface area contributed by atoms with Crippen LogP contribution in [0.3, 0.4) is 0 Å². The lowest BCUT2D eigenvalue weighted by atomic mass is 10.1. The largest absolute Gasteiger partial charge is 0.385 e. The molecule has 2 N–H and O–H groups in total. The minimum absolute atomic E-state index is 0.250. The monoisotopic (exact) mass is 283 g/mol. The molecule has 1 aliphatic rings. The number of hydrogen-bond donors (Lipinski definition) is 1. The van der Waals surface area contributed by atoms with Gasteiger partial charge in [0.1, 0.15) is 11.9 Å². The Morgan fingerprint density at radius 1 is 1.44 bits per heavy atom. The summed E-state index contributed by atoms with van der Waals surface area (Å²) < 4.78 is 0. The lowest BCUT2D eigenvalue weighted by Crippen LogP contribution is -2.33. The van der Waals surface area contributed by atoms with Crippen molar-refractivity contribution in [2.75, 3.05) is 6.54 Å². The summed E-state index contributed by atoms with van der Waals surface area (Å²) >= 11 is 11.8. The van der Waals surface area contributed by atoms with Crippen molar-refractivity contribution in [3.63, 3.8) is 0 Å². The summed E-state index contributed by atoms with van der Waals surface area (Å²) in [5.74, 6) is 0.250. The van der Waals surface area contributed by atoms with Crippen LogP contribution in [0.1, 0.15) is 11.6 Å². The van der Waals surface area contributed by atoms with Crippen molar-refractivity contribution in [2.24, 2.45) is 10.7 Å². The van der Waals surface area contributed by atoms with Gasteiger partial charge in [0.15, 0.2) is 0 Å². The number of benzene rings is 1. The third kappa shape index (κ3) is 2.21. The fourth-order valence-corrected chi connectivity index (χ4v) is 2.17. The Labute approximate surface area is 115 Å². The van der Waals surface area contributed by atoms with Gasteiger partial charge in [-0.15, -0.1) is 6.58 Å². The van der Waals surface area contributed by atoms with Gasteiger partial charge in [0.05, 0.1) is 10.0 Å². The van der Waals surface area contributed by atoms with Crippen molar-refractivity contribution in [3.05, 3.63) is 46.5 Å². The Hall–Kier alpha value is -1.52. The van der Waals surface area contributed by atoms with Crippen molar-refractivity contribution >= 4 is 35.1 Å². The number of nitrogens with zero attached hydrogens (tertiary/aromatic N) is 2. The van der Waals surface area contributed by atoms with Gasteiger partial charge in [-0.3, -0.25) is 0 Å². The van der Waals surface area contributed by atoms with Gasteiger partial charge in [-0.2, -0.15) is 4.99 Å². The highest BCUT2D eigenvalue weighted by Gasteiger charge is 2.33. The predicted octanol–water partition coefficient (Wildman–Crippen LogP) is 3.01. The number of urea groups is 1. The van der Waals surface area contributed by atoms with E-state index in [1.165, 1.54) is 4.90 Å². The van der Waals surface area contributed by atoms with Crippen molar-refractivity contribution in [1.82, 2.24) is 4.90 Å². The van der Waals surface area contributed by atoms with E-state index < -0.39 is 6.04 Å². The van der Waals surface area contributed by atoms with E-state index in [2.05, 4.69) is 11.6 Å². The number of carbonyl (C=O) groups excluding carboxylic acids is 1. The van der Waals surface area contributed by atoms with Crippen molar-refractivity contribution in [2.45, 2.75) is 6.04 Å². The molecule has 2 amide bonds. The van der Waals surface area contributed by atoms with Crippen LogP contribution in [0, 0.1) is 0 Å². The molecule has 0 saturated heterocycles. The number of aliphatic imine (C=N–C) groups is 1. The van der Waals surface area contributed by atoms with E-state index in [0.29, 0.717) is 16.6 Å². The van der Waals surface area contributed by atoms with Crippen LogP contribution in [0.2, 0.25) is 10.0 Å². The molecule has 0 aromatic heterocycles. The zero-order valence-corrected chi connectivity index (χ0v) is 10.9. The summed E-state index contributed by atoms with van der Waals surface area (Å²) in [6.45, 7) is 3.98. The van der Waals surface area contributed by atoms with Crippen LogP contribution in [0.15, 0.2) is 35.8 Å². The molecule has 1 aromatic rings. The molecule has 0 fully saturated rings. The van der Waals surface area contributed by atoms with E-state index in [9.17, 15) is 4.79 Å². The van der Waals surface area contributed by atoms with Gasteiger partial charge in [-0.25, -0.2) is 4.79 Å². The lowest BCUT2D eigenvalue weighted by Gasteiger charge is -2.23. The van der Waals surface area contributed by atoms with E-state index in [1.807, 2.05) is 0 Å². The zero-order chi connectivity index (χ0) is 13.3. The molecule has 94 valence electrons. The van der Waals surface area contributed by atoms with Crippen LogP contribution in [0.5, 0.6) is 0 Å². The van der Waals surface area contributed by atoms with Crippen molar-refractivity contribution in [3.8, 4) is 0 Å². The quantitative estimate of drug-likeness (QED) is 0.867. The van der Waals surface area contributed by atoms with Gasteiger partial charge in [0, 0.05) is 6.54 Å². The maximum Gasteiger partial charge on any atom is 0.346 e. The van der Waals surface area contributed by atoms with Crippen LogP contribution < -0.4 is 5.73 Å². The fourth-order valence-electron chi connectivity index (χ4n) is 1.86. The van der Waals surface area contributed by atoms with E-state index in [1.54, 1.807) is 24.3 Å². The number of carbonyl (C=O) groups is 1. The molecule has 2 rings (SSSR count). The van der Waals surface area contributed by atoms with Crippen molar-refractivity contribution < 1.29 is 4.79 Å². The van der Waals surface area contributed by atoms with E-state index in [0.717, 1.165) is 5.56 Å². The van der Waals surface area contributed by atoms with Gasteiger partial charge < -0.3 is 10.6 Å². The number of nitrogens with two attached hydrogens (primary N) is 1. The number of hydrogen-bond acceptors (Lipinski definition) is 2. The topological polar surface area (TPSA) is 58.7 Å². The molecule has 4 nitrogen and oxygen atoms in total. The van der Waals surface area contributed by atoms with Crippen LogP contribution in [0.25, 0.3) is 0 Å². The van der Waals surface area contributed by atoms with Gasteiger partial charge >= 0.3 is 6.03 Å². The second-order valence-corrected chi connectivity index (χ2v) is 4.65. The molecule has 1 aliphatic heterocycles. The summed E-state index contributed by atoms with van der Waals surface area (Å²) in [6.07, 6.45) is 1.62. The van der Waals surface area contributed by atoms with Gasteiger partial charge in [-0.1, -0.05) is 35.3 Å². The molecule has 1 heterocycles. The van der Waals surface area contributed by atoms with Crippen LogP contribution in [-0.2, 0) is 0 Å². The first-order valence-corrected chi connectivity index (χ1v) is 6.00. The molecular weight excluding hydrogens is 273 g/mol. The Bertz CT molecular complexity index is 542. The molecular formula is C12H11Cl2N3O. The minimum atomic E-state index is -0.412. The zero-order valence-electron chi connectivity index (χ0n) is 9.44. The first kappa shape index (κ1) is 12.9. The first-order valence-electron chi connectivity index (χ1n) is 5.25. The van der Waals surface area contributed by atoms with Gasteiger partial charge in [-0.05, 0) is 17.7 Å². The summed E-state index contributed by atoms with van der Waals surface area (Å²) in [6, 6.07) is 4.34. The molecule has 1 aromatic carbocycles. The molecule has 0 bridgehead atoms. The second-order valence-electron chi connectivity index (χ2n) is 3.84. The van der Waals surface area contributed by atoms with Gasteiger partial charge in [0.2, 0.25) is 0 Å². The maximum atomic E-state index is 11.7. The van der Waals surface area contributed by atoms with Crippen LogP contribution in [-0.4, -0.2) is 23.3 Å². The highest BCUT2D eigenvalue weighted by Crippen LogP contribution is 2.31. The molecule has 18 heavy (non-hydrogen) atoms. The van der Waals surface area contributed by atoms with E-state index in [-0.39, 0.29) is 11.9 Å². The normalized spacial score (nSPS) is 19.0. The lowest BCUT2D eigenvalue weighted by molar-refractivity contribution is 0.213. The predicted molar refractivity (Wildman–Crippen MR) is 73.1 cm³/mol. The molecule has 0 spiro atoms. The van der Waals surface area contributed by atoms with E-state index >= 15 is 0 Å². The number of halogens is 2. The molecule has 0 radical (unpaired) electrons. The summed E-state index contributed by atoms with van der Waals surface area (Å²) in [4.78, 5) is 16.9.